The molecule has 1 aromatic rings. The van der Waals surface area contributed by atoms with E-state index in [1.54, 1.807) is 24.4 Å². The van der Waals surface area contributed by atoms with Crippen LogP contribution in [0, 0.1) is 5.41 Å². The van der Waals surface area contributed by atoms with Gasteiger partial charge in [-0.05, 0) is 12.1 Å². The van der Waals surface area contributed by atoms with Gasteiger partial charge >= 0.3 is 5.97 Å². The van der Waals surface area contributed by atoms with Gasteiger partial charge in [-0.2, -0.15) is 0 Å². The number of carboxylic acid groups (broad SMARTS) is 1. The Labute approximate surface area is 77.0 Å². The average Bonchev–Trinajstić information content (AvgIpc) is 2.12. The molecule has 0 aliphatic rings. The molecule has 0 saturated heterocycles. The van der Waals surface area contributed by atoms with Crippen LogP contribution in [0.25, 0.3) is 0 Å². The quantitative estimate of drug-likeness (QED) is 0.718. The Morgan fingerprint density at radius 1 is 1.54 bits per heavy atom. The van der Waals surface area contributed by atoms with E-state index in [2.05, 4.69) is 0 Å². The van der Waals surface area contributed by atoms with Gasteiger partial charge < -0.3 is 9.67 Å². The second-order valence-electron chi connectivity index (χ2n) is 2.11. The van der Waals surface area contributed by atoms with Crippen molar-refractivity contribution >= 4 is 5.97 Å². The molecule has 1 aromatic heterocycles. The molecule has 0 radical (unpaired) electrons. The van der Waals surface area contributed by atoms with E-state index in [4.69, 9.17) is 10.5 Å². The van der Waals surface area contributed by atoms with Gasteiger partial charge in [-0.1, -0.05) is 19.9 Å². The van der Waals surface area contributed by atoms with Gasteiger partial charge in [-0.25, -0.2) is 0 Å². The molecule has 0 fully saturated rings. The van der Waals surface area contributed by atoms with Gasteiger partial charge in [0.15, 0.2) is 0 Å². The third-order valence-corrected chi connectivity index (χ3v) is 1.25. The minimum atomic E-state index is -0.935. The lowest BCUT2D eigenvalue weighted by atomic mass is 10.4. The summed E-state index contributed by atoms with van der Waals surface area (Å²) in [6.07, 6.45) is 1.57. The fourth-order valence-corrected chi connectivity index (χ4v) is 0.760. The van der Waals surface area contributed by atoms with E-state index in [1.807, 2.05) is 13.8 Å². The van der Waals surface area contributed by atoms with Gasteiger partial charge in [0, 0.05) is 6.20 Å². The Morgan fingerprint density at radius 3 is 2.62 bits per heavy atom. The SMILES string of the molecule is CC.N=c1ccccn1CC(=O)O. The highest BCUT2D eigenvalue weighted by Gasteiger charge is 1.96. The molecule has 0 spiro atoms. The van der Waals surface area contributed by atoms with Crippen LogP contribution in [0.3, 0.4) is 0 Å². The normalized spacial score (nSPS) is 8.46. The molecule has 4 heteroatoms. The third kappa shape index (κ3) is 4.10. The zero-order valence-electron chi connectivity index (χ0n) is 7.82. The van der Waals surface area contributed by atoms with Crippen LogP contribution in [0.5, 0.6) is 0 Å². The molecule has 2 N–H and O–H groups in total. The molecule has 0 aliphatic heterocycles. The highest BCUT2D eigenvalue weighted by Crippen LogP contribution is 1.80. The smallest absolute Gasteiger partial charge is 0.323 e. The Balaban J connectivity index is 0.000000671. The van der Waals surface area contributed by atoms with Crippen molar-refractivity contribution in [2.75, 3.05) is 0 Å². The summed E-state index contributed by atoms with van der Waals surface area (Å²) in [6.45, 7) is 3.85. The number of aliphatic carboxylic acids is 1. The standard InChI is InChI=1S/C7H8N2O2.C2H6/c8-6-3-1-2-4-9(6)5-7(10)11;1-2/h1-4,8H,5H2,(H,10,11);1-2H3. The fraction of sp³-hybridized carbons (Fsp3) is 0.333. The Morgan fingerprint density at radius 2 is 2.15 bits per heavy atom. The molecule has 4 nitrogen and oxygen atoms in total. The number of nitrogens with one attached hydrogen (secondary N) is 1. The molecular formula is C9H14N2O2. The van der Waals surface area contributed by atoms with Gasteiger partial charge in [-0.15, -0.1) is 0 Å². The zero-order valence-corrected chi connectivity index (χ0v) is 7.82. The number of aromatic nitrogens is 1. The summed E-state index contributed by atoms with van der Waals surface area (Å²) in [4.78, 5) is 10.2. The van der Waals surface area contributed by atoms with Gasteiger partial charge in [0.1, 0.15) is 12.0 Å². The van der Waals surface area contributed by atoms with Crippen LogP contribution >= 0.6 is 0 Å². The molecule has 1 heterocycles. The topological polar surface area (TPSA) is 66.1 Å². The van der Waals surface area contributed by atoms with Crippen molar-refractivity contribution in [2.45, 2.75) is 20.4 Å². The van der Waals surface area contributed by atoms with E-state index < -0.39 is 5.97 Å². The summed E-state index contributed by atoms with van der Waals surface area (Å²) in [5, 5.41) is 15.7. The van der Waals surface area contributed by atoms with Crippen molar-refractivity contribution < 1.29 is 9.90 Å². The highest BCUT2D eigenvalue weighted by atomic mass is 16.4. The van der Waals surface area contributed by atoms with Gasteiger partial charge in [0.05, 0.1) is 0 Å². The first-order valence-corrected chi connectivity index (χ1v) is 4.12. The maximum Gasteiger partial charge on any atom is 0.323 e. The first-order valence-electron chi connectivity index (χ1n) is 4.12. The number of rotatable bonds is 2. The van der Waals surface area contributed by atoms with Crippen molar-refractivity contribution in [1.82, 2.24) is 4.57 Å². The minimum Gasteiger partial charge on any atom is -0.480 e. The van der Waals surface area contributed by atoms with Crippen LogP contribution in [-0.4, -0.2) is 15.6 Å². The second kappa shape index (κ2) is 5.99. The van der Waals surface area contributed by atoms with Crippen LogP contribution in [0.1, 0.15) is 13.8 Å². The number of hydrogen-bond acceptors (Lipinski definition) is 2. The van der Waals surface area contributed by atoms with Gasteiger partial charge in [-0.3, -0.25) is 10.2 Å². The summed E-state index contributed by atoms with van der Waals surface area (Å²) < 4.78 is 1.35. The van der Waals surface area contributed by atoms with Gasteiger partial charge in [0.2, 0.25) is 0 Å². The summed E-state index contributed by atoms with van der Waals surface area (Å²) in [6, 6.07) is 4.94. The van der Waals surface area contributed by atoms with Crippen LogP contribution < -0.4 is 5.49 Å². The monoisotopic (exact) mass is 182 g/mol. The molecule has 0 aliphatic carbocycles. The minimum absolute atomic E-state index is 0.153. The van der Waals surface area contributed by atoms with Crippen molar-refractivity contribution in [1.29, 1.82) is 5.41 Å². The largest absolute Gasteiger partial charge is 0.480 e. The van der Waals surface area contributed by atoms with Gasteiger partial charge in [0.25, 0.3) is 0 Å². The summed E-state index contributed by atoms with van der Waals surface area (Å²) in [7, 11) is 0. The summed E-state index contributed by atoms with van der Waals surface area (Å²) in [5.41, 5.74) is 0.204. The van der Waals surface area contributed by atoms with Crippen LogP contribution in [0.15, 0.2) is 24.4 Å². The molecule has 0 bridgehead atoms. The van der Waals surface area contributed by atoms with E-state index in [9.17, 15) is 4.79 Å². The predicted molar refractivity (Wildman–Crippen MR) is 49.3 cm³/mol. The number of pyridine rings is 1. The van der Waals surface area contributed by atoms with E-state index in [1.165, 1.54) is 4.57 Å². The molecule has 0 atom stereocenters. The first kappa shape index (κ1) is 11.4. The molecule has 72 valence electrons. The first-order chi connectivity index (χ1) is 6.20. The van der Waals surface area contributed by atoms with Crippen molar-refractivity contribution in [3.63, 3.8) is 0 Å². The summed E-state index contributed by atoms with van der Waals surface area (Å²) in [5.74, 6) is -0.935. The van der Waals surface area contributed by atoms with Crippen molar-refractivity contribution in [2.24, 2.45) is 0 Å². The van der Waals surface area contributed by atoms with E-state index in [0.29, 0.717) is 0 Å². The fourth-order valence-electron chi connectivity index (χ4n) is 0.760. The Hall–Kier alpha value is -1.58. The van der Waals surface area contributed by atoms with Crippen LogP contribution in [-0.2, 0) is 11.3 Å². The third-order valence-electron chi connectivity index (χ3n) is 1.25. The number of carboxylic acids is 1. The molecule has 13 heavy (non-hydrogen) atoms. The van der Waals surface area contributed by atoms with Crippen molar-refractivity contribution in [3.05, 3.63) is 29.9 Å². The molecule has 1 rings (SSSR count). The lowest BCUT2D eigenvalue weighted by molar-refractivity contribution is -0.137. The molecule has 0 amide bonds. The van der Waals surface area contributed by atoms with E-state index >= 15 is 0 Å². The molecular weight excluding hydrogens is 168 g/mol. The number of nitrogens with zero attached hydrogens (tertiary/aromatic N) is 1. The van der Waals surface area contributed by atoms with E-state index in [0.717, 1.165) is 0 Å². The van der Waals surface area contributed by atoms with Crippen LogP contribution in [0.4, 0.5) is 0 Å². The number of carbonyl (C=O) groups is 1. The zero-order chi connectivity index (χ0) is 10.3. The molecule has 0 aromatic carbocycles. The lowest BCUT2D eigenvalue weighted by Crippen LogP contribution is -2.22. The molecule has 0 saturated carbocycles. The summed E-state index contributed by atoms with van der Waals surface area (Å²) >= 11 is 0. The lowest BCUT2D eigenvalue weighted by Gasteiger charge is -2.00. The van der Waals surface area contributed by atoms with Crippen molar-refractivity contribution in [3.8, 4) is 0 Å². The molecule has 0 unspecified atom stereocenters. The second-order valence-corrected chi connectivity index (χ2v) is 2.11. The van der Waals surface area contributed by atoms with Crippen LogP contribution in [0.2, 0.25) is 0 Å². The average molecular weight is 182 g/mol. The highest BCUT2D eigenvalue weighted by molar-refractivity contribution is 5.66. The number of hydrogen-bond donors (Lipinski definition) is 2. The Kier molecular flexibility index (Phi) is 5.27. The van der Waals surface area contributed by atoms with E-state index in [-0.39, 0.29) is 12.0 Å². The Bertz CT molecular complexity index is 317. The maximum atomic E-state index is 10.2. The predicted octanol–water partition coefficient (Wildman–Crippen LogP) is 1.08. The maximum absolute atomic E-state index is 10.2.